The van der Waals surface area contributed by atoms with Gasteiger partial charge in [-0.25, -0.2) is 17.9 Å². The highest BCUT2D eigenvalue weighted by molar-refractivity contribution is 7.92. The molecular formula is C10H8ClFN4O3S. The SMILES string of the molecule is Nc1cc(Cl)cc(S(=O)(=O)Nc2ccc(=O)[nH]n2)c1F. The predicted octanol–water partition coefficient (Wildman–Crippen LogP) is 0.945. The first-order valence-corrected chi connectivity index (χ1v) is 6.99. The van der Waals surface area contributed by atoms with Crippen molar-refractivity contribution in [1.29, 1.82) is 0 Å². The molecule has 0 unspecified atom stereocenters. The van der Waals surface area contributed by atoms with Crippen molar-refractivity contribution in [3.63, 3.8) is 0 Å². The van der Waals surface area contributed by atoms with Crippen LogP contribution in [0.5, 0.6) is 0 Å². The molecule has 0 saturated carbocycles. The van der Waals surface area contributed by atoms with Gasteiger partial charge in [0.15, 0.2) is 11.6 Å². The second-order valence-electron chi connectivity index (χ2n) is 3.72. The van der Waals surface area contributed by atoms with Gasteiger partial charge in [0.2, 0.25) is 0 Å². The Hall–Kier alpha value is -2.13. The van der Waals surface area contributed by atoms with Crippen LogP contribution >= 0.6 is 11.6 Å². The maximum absolute atomic E-state index is 13.8. The summed E-state index contributed by atoms with van der Waals surface area (Å²) >= 11 is 5.65. The summed E-state index contributed by atoms with van der Waals surface area (Å²) in [5, 5.41) is 5.45. The van der Waals surface area contributed by atoms with E-state index >= 15 is 0 Å². The van der Waals surface area contributed by atoms with Gasteiger partial charge in [0.25, 0.3) is 15.6 Å². The average Bonchev–Trinajstić information content (AvgIpc) is 2.36. The molecule has 1 aromatic carbocycles. The first-order valence-electron chi connectivity index (χ1n) is 5.12. The molecule has 0 spiro atoms. The molecular weight excluding hydrogens is 311 g/mol. The number of nitrogen functional groups attached to an aromatic ring is 1. The number of nitrogens with two attached hydrogens (primary N) is 1. The minimum absolute atomic E-state index is 0.0290. The molecule has 0 aliphatic carbocycles. The Morgan fingerprint density at radius 1 is 1.35 bits per heavy atom. The smallest absolute Gasteiger partial charge is 0.266 e. The lowest BCUT2D eigenvalue weighted by atomic mass is 10.3. The fourth-order valence-electron chi connectivity index (χ4n) is 1.37. The predicted molar refractivity (Wildman–Crippen MR) is 71.5 cm³/mol. The van der Waals surface area contributed by atoms with Gasteiger partial charge < -0.3 is 5.73 Å². The van der Waals surface area contributed by atoms with Gasteiger partial charge in [-0.1, -0.05) is 11.6 Å². The highest BCUT2D eigenvalue weighted by Gasteiger charge is 2.22. The van der Waals surface area contributed by atoms with E-state index in [9.17, 15) is 17.6 Å². The van der Waals surface area contributed by atoms with Crippen LogP contribution in [-0.2, 0) is 10.0 Å². The lowest BCUT2D eigenvalue weighted by Gasteiger charge is -2.09. The molecule has 2 rings (SSSR count). The molecule has 106 valence electrons. The van der Waals surface area contributed by atoms with E-state index < -0.39 is 32.0 Å². The van der Waals surface area contributed by atoms with Crippen molar-refractivity contribution in [2.75, 3.05) is 10.5 Å². The third-order valence-corrected chi connectivity index (χ3v) is 3.81. The summed E-state index contributed by atoms with van der Waals surface area (Å²) in [5.41, 5.74) is 4.41. The number of hydrogen-bond donors (Lipinski definition) is 3. The molecule has 0 aliphatic heterocycles. The number of benzene rings is 1. The molecule has 0 atom stereocenters. The second-order valence-corrected chi connectivity index (χ2v) is 5.81. The van der Waals surface area contributed by atoms with Crippen molar-refractivity contribution in [3.05, 3.63) is 45.5 Å². The van der Waals surface area contributed by atoms with Gasteiger partial charge in [0, 0.05) is 11.1 Å². The Morgan fingerprint density at radius 2 is 2.05 bits per heavy atom. The van der Waals surface area contributed by atoms with E-state index in [0.29, 0.717) is 0 Å². The molecule has 20 heavy (non-hydrogen) atoms. The Kier molecular flexibility index (Phi) is 3.64. The van der Waals surface area contributed by atoms with Crippen LogP contribution < -0.4 is 16.0 Å². The zero-order valence-corrected chi connectivity index (χ0v) is 11.3. The highest BCUT2D eigenvalue weighted by Crippen LogP contribution is 2.26. The minimum atomic E-state index is -4.28. The van der Waals surface area contributed by atoms with Crippen LogP contribution in [0.1, 0.15) is 0 Å². The summed E-state index contributed by atoms with van der Waals surface area (Å²) in [6, 6.07) is 4.20. The number of aromatic nitrogens is 2. The monoisotopic (exact) mass is 318 g/mol. The number of nitrogens with zero attached hydrogens (tertiary/aromatic N) is 1. The van der Waals surface area contributed by atoms with Gasteiger partial charge >= 0.3 is 0 Å². The molecule has 1 heterocycles. The lowest BCUT2D eigenvalue weighted by molar-refractivity contribution is 0.572. The van der Waals surface area contributed by atoms with Gasteiger partial charge in [-0.3, -0.25) is 9.52 Å². The number of halogens is 2. The summed E-state index contributed by atoms with van der Waals surface area (Å²) in [7, 11) is -4.28. The number of nitrogens with one attached hydrogen (secondary N) is 2. The molecule has 10 heteroatoms. The topological polar surface area (TPSA) is 118 Å². The van der Waals surface area contributed by atoms with E-state index in [4.69, 9.17) is 17.3 Å². The van der Waals surface area contributed by atoms with E-state index in [1.807, 2.05) is 9.82 Å². The third-order valence-electron chi connectivity index (χ3n) is 2.24. The Bertz CT molecular complexity index is 801. The van der Waals surface area contributed by atoms with E-state index in [2.05, 4.69) is 5.10 Å². The van der Waals surface area contributed by atoms with E-state index in [1.165, 1.54) is 0 Å². The Balaban J connectivity index is 2.45. The number of rotatable bonds is 3. The summed E-state index contributed by atoms with van der Waals surface area (Å²) in [6.45, 7) is 0. The number of sulfonamides is 1. The maximum Gasteiger partial charge on any atom is 0.266 e. The van der Waals surface area contributed by atoms with E-state index in [0.717, 1.165) is 24.3 Å². The summed E-state index contributed by atoms with van der Waals surface area (Å²) in [6.07, 6.45) is 0. The van der Waals surface area contributed by atoms with E-state index in [1.54, 1.807) is 0 Å². The molecule has 0 saturated heterocycles. The molecule has 0 fully saturated rings. The molecule has 2 aromatic rings. The van der Waals surface area contributed by atoms with Crippen LogP contribution in [0.3, 0.4) is 0 Å². The Morgan fingerprint density at radius 3 is 2.65 bits per heavy atom. The summed E-state index contributed by atoms with van der Waals surface area (Å²) in [5.74, 6) is -1.30. The van der Waals surface area contributed by atoms with E-state index in [-0.39, 0.29) is 10.8 Å². The standard InChI is InChI=1S/C10H8ClFN4O3S/c11-5-3-6(13)10(12)7(4-5)20(18,19)16-8-1-2-9(17)15-14-8/h1-4H,13H2,(H,14,16)(H,15,17). The van der Waals surface area contributed by atoms with Gasteiger partial charge in [-0.15, -0.1) is 0 Å². The molecule has 7 nitrogen and oxygen atoms in total. The summed E-state index contributed by atoms with van der Waals surface area (Å²) in [4.78, 5) is 10.1. The molecule has 0 amide bonds. The first kappa shape index (κ1) is 14.3. The Labute approximate surface area is 117 Å². The van der Waals surface area contributed by atoms with Crippen LogP contribution in [0.4, 0.5) is 15.9 Å². The zero-order chi connectivity index (χ0) is 14.9. The minimum Gasteiger partial charge on any atom is -0.396 e. The van der Waals surface area contributed by atoms with Crippen molar-refractivity contribution in [2.24, 2.45) is 0 Å². The average molecular weight is 319 g/mol. The van der Waals surface area contributed by atoms with Crippen molar-refractivity contribution < 1.29 is 12.8 Å². The first-order chi connectivity index (χ1) is 9.29. The van der Waals surface area contributed by atoms with Gasteiger partial charge in [-0.2, -0.15) is 5.10 Å². The highest BCUT2D eigenvalue weighted by atomic mass is 35.5. The lowest BCUT2D eigenvalue weighted by Crippen LogP contribution is -2.18. The van der Waals surface area contributed by atoms with Crippen LogP contribution in [0.15, 0.2) is 34.0 Å². The number of aromatic amines is 1. The van der Waals surface area contributed by atoms with Gasteiger partial charge in [-0.05, 0) is 18.2 Å². The second kappa shape index (κ2) is 5.10. The van der Waals surface area contributed by atoms with Gasteiger partial charge in [0.05, 0.1) is 5.69 Å². The van der Waals surface area contributed by atoms with Crippen molar-refractivity contribution >= 4 is 33.1 Å². The number of hydrogen-bond acceptors (Lipinski definition) is 5. The van der Waals surface area contributed by atoms with Crippen LogP contribution in [0.25, 0.3) is 0 Å². The van der Waals surface area contributed by atoms with Crippen molar-refractivity contribution in [2.45, 2.75) is 4.90 Å². The molecule has 0 radical (unpaired) electrons. The maximum atomic E-state index is 13.8. The van der Waals surface area contributed by atoms with Crippen molar-refractivity contribution in [3.8, 4) is 0 Å². The van der Waals surface area contributed by atoms with Gasteiger partial charge in [0.1, 0.15) is 4.90 Å². The molecule has 0 aliphatic rings. The fraction of sp³-hybridized carbons (Fsp3) is 0. The van der Waals surface area contributed by atoms with Crippen LogP contribution in [0, 0.1) is 5.82 Å². The quantitative estimate of drug-likeness (QED) is 0.728. The van der Waals surface area contributed by atoms with Crippen molar-refractivity contribution in [1.82, 2.24) is 10.2 Å². The summed E-state index contributed by atoms with van der Waals surface area (Å²) < 4.78 is 39.8. The molecule has 1 aromatic heterocycles. The molecule has 4 N–H and O–H groups in total. The largest absolute Gasteiger partial charge is 0.396 e. The fourth-order valence-corrected chi connectivity index (χ4v) is 2.80. The number of H-pyrrole nitrogens is 1. The zero-order valence-electron chi connectivity index (χ0n) is 9.72. The molecule has 0 bridgehead atoms. The normalized spacial score (nSPS) is 11.3. The number of anilines is 2. The van der Waals surface area contributed by atoms with Crippen LogP contribution in [0.2, 0.25) is 5.02 Å². The van der Waals surface area contributed by atoms with Crippen LogP contribution in [-0.4, -0.2) is 18.6 Å². The third kappa shape index (κ3) is 2.89.